The highest BCUT2D eigenvalue weighted by molar-refractivity contribution is 6.28. The van der Waals surface area contributed by atoms with Gasteiger partial charge < -0.3 is 10.6 Å². The van der Waals surface area contributed by atoms with Gasteiger partial charge in [0, 0.05) is 31.4 Å². The normalized spacial score (nSPS) is 10.2. The van der Waals surface area contributed by atoms with E-state index in [1.165, 1.54) is 0 Å². The average molecular weight is 279 g/mol. The highest BCUT2D eigenvalue weighted by Gasteiger charge is 2.03. The van der Waals surface area contributed by atoms with Gasteiger partial charge in [0.1, 0.15) is 0 Å². The van der Waals surface area contributed by atoms with Crippen molar-refractivity contribution in [3.8, 4) is 0 Å². The van der Waals surface area contributed by atoms with Crippen LogP contribution >= 0.6 is 11.6 Å². The van der Waals surface area contributed by atoms with Crippen LogP contribution in [-0.2, 0) is 6.42 Å². The minimum atomic E-state index is 0.172. The van der Waals surface area contributed by atoms with Crippen LogP contribution in [0, 0.1) is 0 Å². The molecule has 100 valence electrons. The summed E-state index contributed by atoms with van der Waals surface area (Å²) < 4.78 is 0. The fraction of sp³-hybridized carbons (Fsp3) is 0.333. The van der Waals surface area contributed by atoms with Crippen molar-refractivity contribution >= 4 is 23.5 Å². The Morgan fingerprint density at radius 2 is 1.89 bits per heavy atom. The molecule has 2 rings (SSSR count). The number of rotatable bonds is 6. The molecule has 0 amide bonds. The van der Waals surface area contributed by atoms with Crippen molar-refractivity contribution in [3.63, 3.8) is 0 Å². The van der Waals surface area contributed by atoms with Crippen LogP contribution in [0.15, 0.2) is 24.4 Å². The van der Waals surface area contributed by atoms with E-state index in [1.807, 2.05) is 25.1 Å². The summed E-state index contributed by atoms with van der Waals surface area (Å²) in [5.41, 5.74) is 1.02. The molecule has 0 spiro atoms. The molecule has 0 unspecified atom stereocenters. The molecular formula is C12H15ClN6. The first-order valence-corrected chi connectivity index (χ1v) is 6.45. The van der Waals surface area contributed by atoms with Crippen molar-refractivity contribution in [1.82, 2.24) is 19.9 Å². The lowest BCUT2D eigenvalue weighted by Gasteiger charge is -2.07. The standard InChI is InChI=1S/C12H15ClN6/c1-2-14-11-17-10(13)18-12(19-11)16-8-6-9-5-3-4-7-15-9/h3-5,7H,2,6,8H2,1H3,(H2,14,16,17,18,19). The van der Waals surface area contributed by atoms with Gasteiger partial charge in [-0.15, -0.1) is 0 Å². The Kier molecular flexibility index (Phi) is 4.85. The zero-order valence-corrected chi connectivity index (χ0v) is 11.4. The maximum absolute atomic E-state index is 5.83. The van der Waals surface area contributed by atoms with Gasteiger partial charge in [-0.3, -0.25) is 4.98 Å². The van der Waals surface area contributed by atoms with E-state index in [1.54, 1.807) is 6.20 Å². The first-order valence-electron chi connectivity index (χ1n) is 6.07. The lowest BCUT2D eigenvalue weighted by atomic mass is 10.3. The Hall–Kier alpha value is -1.95. The van der Waals surface area contributed by atoms with Crippen molar-refractivity contribution < 1.29 is 0 Å². The Labute approximate surface area is 116 Å². The van der Waals surface area contributed by atoms with Crippen molar-refractivity contribution in [3.05, 3.63) is 35.4 Å². The van der Waals surface area contributed by atoms with Crippen LogP contribution in [0.25, 0.3) is 0 Å². The van der Waals surface area contributed by atoms with E-state index in [0.29, 0.717) is 18.4 Å². The summed E-state index contributed by atoms with van der Waals surface area (Å²) in [4.78, 5) is 16.4. The first kappa shape index (κ1) is 13.5. The Morgan fingerprint density at radius 3 is 2.58 bits per heavy atom. The number of nitrogens with one attached hydrogen (secondary N) is 2. The number of halogens is 1. The van der Waals surface area contributed by atoms with Crippen molar-refractivity contribution in [2.45, 2.75) is 13.3 Å². The van der Waals surface area contributed by atoms with Gasteiger partial charge >= 0.3 is 0 Å². The van der Waals surface area contributed by atoms with E-state index in [2.05, 4.69) is 30.6 Å². The molecule has 0 aromatic carbocycles. The smallest absolute Gasteiger partial charge is 0.228 e. The summed E-state index contributed by atoms with van der Waals surface area (Å²) in [6, 6.07) is 5.84. The van der Waals surface area contributed by atoms with E-state index in [9.17, 15) is 0 Å². The number of nitrogens with zero attached hydrogens (tertiary/aromatic N) is 4. The molecule has 2 aromatic rings. The molecule has 0 aliphatic rings. The van der Waals surface area contributed by atoms with E-state index in [0.717, 1.165) is 18.7 Å². The Balaban J connectivity index is 1.92. The minimum Gasteiger partial charge on any atom is -0.354 e. The van der Waals surface area contributed by atoms with Gasteiger partial charge in [-0.25, -0.2) is 0 Å². The fourth-order valence-electron chi connectivity index (χ4n) is 1.51. The maximum Gasteiger partial charge on any atom is 0.228 e. The van der Waals surface area contributed by atoms with Gasteiger partial charge in [0.15, 0.2) is 0 Å². The minimum absolute atomic E-state index is 0.172. The molecule has 19 heavy (non-hydrogen) atoms. The number of anilines is 2. The van der Waals surface area contributed by atoms with Crippen LogP contribution in [0.4, 0.5) is 11.9 Å². The predicted octanol–water partition coefficient (Wildman–Crippen LogP) is 2.01. The van der Waals surface area contributed by atoms with Crippen molar-refractivity contribution in [2.24, 2.45) is 0 Å². The maximum atomic E-state index is 5.83. The predicted molar refractivity (Wildman–Crippen MR) is 75.4 cm³/mol. The molecule has 0 fully saturated rings. The van der Waals surface area contributed by atoms with E-state index in [-0.39, 0.29) is 5.28 Å². The topological polar surface area (TPSA) is 75.6 Å². The number of aromatic nitrogens is 4. The Morgan fingerprint density at radius 1 is 1.11 bits per heavy atom. The lowest BCUT2D eigenvalue weighted by Crippen LogP contribution is -2.11. The molecule has 6 nitrogen and oxygen atoms in total. The zero-order chi connectivity index (χ0) is 13.5. The second-order valence-corrected chi connectivity index (χ2v) is 4.12. The van der Waals surface area contributed by atoms with Crippen molar-refractivity contribution in [1.29, 1.82) is 0 Å². The zero-order valence-electron chi connectivity index (χ0n) is 10.6. The highest BCUT2D eigenvalue weighted by atomic mass is 35.5. The van der Waals surface area contributed by atoms with Gasteiger partial charge in [-0.2, -0.15) is 15.0 Å². The van der Waals surface area contributed by atoms with Crippen LogP contribution < -0.4 is 10.6 Å². The molecule has 2 heterocycles. The molecule has 7 heteroatoms. The summed E-state index contributed by atoms with van der Waals surface area (Å²) in [5.74, 6) is 0.940. The Bertz CT molecular complexity index is 519. The SMILES string of the molecule is CCNc1nc(Cl)nc(NCCc2ccccn2)n1. The molecule has 0 saturated heterocycles. The summed E-state index contributed by atoms with van der Waals surface area (Å²) in [6.45, 7) is 3.38. The second-order valence-electron chi connectivity index (χ2n) is 3.78. The van der Waals surface area contributed by atoms with Gasteiger partial charge in [-0.1, -0.05) is 6.07 Å². The molecule has 0 aliphatic heterocycles. The van der Waals surface area contributed by atoms with Crippen LogP contribution in [0.5, 0.6) is 0 Å². The van der Waals surface area contributed by atoms with Crippen LogP contribution in [0.2, 0.25) is 5.28 Å². The number of pyridine rings is 1. The monoisotopic (exact) mass is 278 g/mol. The van der Waals surface area contributed by atoms with Gasteiger partial charge in [0.2, 0.25) is 17.2 Å². The van der Waals surface area contributed by atoms with Crippen LogP contribution in [0.3, 0.4) is 0 Å². The lowest BCUT2D eigenvalue weighted by molar-refractivity contribution is 0.928. The quantitative estimate of drug-likeness (QED) is 0.842. The second kappa shape index (κ2) is 6.84. The molecule has 0 atom stereocenters. The van der Waals surface area contributed by atoms with Crippen LogP contribution in [-0.4, -0.2) is 33.0 Å². The van der Waals surface area contributed by atoms with E-state index in [4.69, 9.17) is 11.6 Å². The molecule has 2 N–H and O–H groups in total. The summed E-state index contributed by atoms with van der Waals surface area (Å²) in [7, 11) is 0. The van der Waals surface area contributed by atoms with Gasteiger partial charge in [-0.05, 0) is 30.7 Å². The molecule has 0 aliphatic carbocycles. The van der Waals surface area contributed by atoms with Crippen molar-refractivity contribution in [2.75, 3.05) is 23.7 Å². The summed E-state index contributed by atoms with van der Waals surface area (Å²) in [6.07, 6.45) is 2.57. The first-order chi connectivity index (χ1) is 9.28. The summed E-state index contributed by atoms with van der Waals surface area (Å²) >= 11 is 5.83. The summed E-state index contributed by atoms with van der Waals surface area (Å²) in [5, 5.41) is 6.28. The van der Waals surface area contributed by atoms with E-state index >= 15 is 0 Å². The molecule has 0 bridgehead atoms. The van der Waals surface area contributed by atoms with Gasteiger partial charge in [0.25, 0.3) is 0 Å². The van der Waals surface area contributed by atoms with Crippen LogP contribution in [0.1, 0.15) is 12.6 Å². The van der Waals surface area contributed by atoms with E-state index < -0.39 is 0 Å². The number of hydrogen-bond donors (Lipinski definition) is 2. The highest BCUT2D eigenvalue weighted by Crippen LogP contribution is 2.09. The van der Waals surface area contributed by atoms with Gasteiger partial charge in [0.05, 0.1) is 0 Å². The largest absolute Gasteiger partial charge is 0.354 e. The number of hydrogen-bond acceptors (Lipinski definition) is 6. The average Bonchev–Trinajstić information content (AvgIpc) is 2.40. The molecule has 0 radical (unpaired) electrons. The third kappa shape index (κ3) is 4.33. The molecule has 0 saturated carbocycles. The molecular weight excluding hydrogens is 264 g/mol. The third-order valence-electron chi connectivity index (χ3n) is 2.33. The fourth-order valence-corrected chi connectivity index (χ4v) is 1.67. The molecule has 2 aromatic heterocycles. The third-order valence-corrected chi connectivity index (χ3v) is 2.50.